The van der Waals surface area contributed by atoms with Crippen LogP contribution in [0.5, 0.6) is 0 Å². The largest absolute Gasteiger partial charge is 0.317 e. The minimum Gasteiger partial charge on any atom is -0.317 e. The lowest BCUT2D eigenvalue weighted by atomic mass is 9.76. The summed E-state index contributed by atoms with van der Waals surface area (Å²) in [4.78, 5) is 2.80. The van der Waals surface area contributed by atoms with E-state index in [4.69, 9.17) is 0 Å². The number of rotatable bonds is 5. The van der Waals surface area contributed by atoms with Gasteiger partial charge in [-0.25, -0.2) is 0 Å². The second kappa shape index (κ2) is 7.08. The van der Waals surface area contributed by atoms with Crippen LogP contribution in [0.2, 0.25) is 0 Å². The Balaban J connectivity index is 1.94. The minimum atomic E-state index is 0.760. The predicted octanol–water partition coefficient (Wildman–Crippen LogP) is 3.52. The van der Waals surface area contributed by atoms with Crippen molar-refractivity contribution < 1.29 is 0 Å². The van der Waals surface area contributed by atoms with E-state index in [0.29, 0.717) is 0 Å². The highest BCUT2D eigenvalue weighted by Gasteiger charge is 2.34. The maximum Gasteiger partial charge on any atom is 0.0119 e. The third kappa shape index (κ3) is 3.72. The van der Waals surface area contributed by atoms with Crippen molar-refractivity contribution in [1.82, 2.24) is 10.2 Å². The molecule has 2 nitrogen and oxygen atoms in total. The summed E-state index contributed by atoms with van der Waals surface area (Å²) in [7, 11) is 2.16. The Morgan fingerprint density at radius 3 is 2.63 bits per heavy atom. The van der Waals surface area contributed by atoms with Crippen LogP contribution in [0, 0.1) is 17.8 Å². The first-order valence-electron chi connectivity index (χ1n) is 8.57. The van der Waals surface area contributed by atoms with E-state index in [0.717, 1.165) is 29.8 Å². The van der Waals surface area contributed by atoms with Crippen molar-refractivity contribution in [3.63, 3.8) is 0 Å². The molecule has 2 heteroatoms. The Bertz CT molecular complexity index is 264. The van der Waals surface area contributed by atoms with Crippen molar-refractivity contribution in [3.8, 4) is 0 Å². The summed E-state index contributed by atoms with van der Waals surface area (Å²) in [6, 6.07) is 1.61. The second-order valence-electron chi connectivity index (χ2n) is 7.19. The van der Waals surface area contributed by atoms with Crippen LogP contribution in [0.3, 0.4) is 0 Å². The standard InChI is InChI=1S/C17H34N2/c1-5-14-8-9-16(18-4)15(11-14)12-19-10-6-7-17(19)13(2)3/h13-18H,5-12H2,1-4H3. The smallest absolute Gasteiger partial charge is 0.0119 e. The molecule has 1 saturated carbocycles. The summed E-state index contributed by atoms with van der Waals surface area (Å²) >= 11 is 0. The average molecular weight is 266 g/mol. The molecule has 4 unspecified atom stereocenters. The van der Waals surface area contributed by atoms with Crippen LogP contribution in [-0.4, -0.2) is 37.1 Å². The molecule has 0 aromatic rings. The normalized spacial score (nSPS) is 37.1. The summed E-state index contributed by atoms with van der Waals surface area (Å²) < 4.78 is 0. The van der Waals surface area contributed by atoms with Gasteiger partial charge >= 0.3 is 0 Å². The van der Waals surface area contributed by atoms with E-state index < -0.39 is 0 Å². The molecule has 19 heavy (non-hydrogen) atoms. The first kappa shape index (κ1) is 15.3. The maximum absolute atomic E-state index is 3.59. The van der Waals surface area contributed by atoms with Gasteiger partial charge in [-0.2, -0.15) is 0 Å². The van der Waals surface area contributed by atoms with Crippen LogP contribution < -0.4 is 5.32 Å². The summed E-state index contributed by atoms with van der Waals surface area (Å²) in [5.74, 6) is 2.68. The van der Waals surface area contributed by atoms with E-state index in [2.05, 4.69) is 38.0 Å². The molecular formula is C17H34N2. The summed E-state index contributed by atoms with van der Waals surface area (Å²) in [5.41, 5.74) is 0. The highest BCUT2D eigenvalue weighted by Crippen LogP contribution is 2.34. The zero-order chi connectivity index (χ0) is 13.8. The fourth-order valence-electron chi connectivity index (χ4n) is 4.45. The van der Waals surface area contributed by atoms with Crippen LogP contribution in [-0.2, 0) is 0 Å². The molecule has 0 aromatic heterocycles. The van der Waals surface area contributed by atoms with Gasteiger partial charge in [-0.3, -0.25) is 4.90 Å². The molecule has 1 aliphatic heterocycles. The molecule has 2 aliphatic rings. The van der Waals surface area contributed by atoms with Crippen molar-refractivity contribution >= 4 is 0 Å². The van der Waals surface area contributed by atoms with Crippen molar-refractivity contribution in [2.24, 2.45) is 17.8 Å². The molecule has 1 saturated heterocycles. The zero-order valence-corrected chi connectivity index (χ0v) is 13.5. The molecule has 4 atom stereocenters. The summed E-state index contributed by atoms with van der Waals surface area (Å²) in [6.45, 7) is 9.84. The lowest BCUT2D eigenvalue weighted by molar-refractivity contribution is 0.119. The number of hydrogen-bond acceptors (Lipinski definition) is 2. The fraction of sp³-hybridized carbons (Fsp3) is 1.00. The number of hydrogen-bond donors (Lipinski definition) is 1. The number of nitrogens with zero attached hydrogens (tertiary/aromatic N) is 1. The Hall–Kier alpha value is -0.0800. The van der Waals surface area contributed by atoms with Gasteiger partial charge in [0.25, 0.3) is 0 Å². The van der Waals surface area contributed by atoms with Gasteiger partial charge < -0.3 is 5.32 Å². The molecule has 1 aliphatic carbocycles. The second-order valence-corrected chi connectivity index (χ2v) is 7.19. The Labute approximate surface area is 120 Å². The fourth-order valence-corrected chi connectivity index (χ4v) is 4.45. The predicted molar refractivity (Wildman–Crippen MR) is 83.4 cm³/mol. The van der Waals surface area contributed by atoms with E-state index in [1.54, 1.807) is 0 Å². The van der Waals surface area contributed by atoms with Crippen LogP contribution in [0.4, 0.5) is 0 Å². The van der Waals surface area contributed by atoms with Gasteiger partial charge in [0.15, 0.2) is 0 Å². The number of likely N-dealkylation sites (tertiary alicyclic amines) is 1. The molecule has 0 aromatic carbocycles. The first-order valence-corrected chi connectivity index (χ1v) is 8.57. The third-order valence-electron chi connectivity index (χ3n) is 5.69. The highest BCUT2D eigenvalue weighted by atomic mass is 15.2. The molecule has 1 N–H and O–H groups in total. The quantitative estimate of drug-likeness (QED) is 0.819. The zero-order valence-electron chi connectivity index (χ0n) is 13.5. The topological polar surface area (TPSA) is 15.3 Å². The first-order chi connectivity index (χ1) is 9.15. The molecule has 2 rings (SSSR count). The number of nitrogens with one attached hydrogen (secondary N) is 1. The summed E-state index contributed by atoms with van der Waals surface area (Å²) in [5, 5.41) is 3.59. The van der Waals surface area contributed by atoms with E-state index in [-0.39, 0.29) is 0 Å². The Kier molecular flexibility index (Phi) is 5.70. The molecular weight excluding hydrogens is 232 g/mol. The van der Waals surface area contributed by atoms with Crippen LogP contribution >= 0.6 is 0 Å². The Morgan fingerprint density at radius 1 is 1.21 bits per heavy atom. The van der Waals surface area contributed by atoms with Gasteiger partial charge in [0, 0.05) is 18.6 Å². The monoisotopic (exact) mass is 266 g/mol. The van der Waals surface area contributed by atoms with Crippen molar-refractivity contribution in [1.29, 1.82) is 0 Å². The van der Waals surface area contributed by atoms with Crippen LogP contribution in [0.1, 0.15) is 59.3 Å². The lowest BCUT2D eigenvalue weighted by Gasteiger charge is -2.40. The SMILES string of the molecule is CCC1CCC(NC)C(CN2CCCC2C(C)C)C1. The molecule has 0 amide bonds. The van der Waals surface area contributed by atoms with Gasteiger partial charge in [0.2, 0.25) is 0 Å². The van der Waals surface area contributed by atoms with Crippen LogP contribution in [0.25, 0.3) is 0 Å². The van der Waals surface area contributed by atoms with E-state index in [9.17, 15) is 0 Å². The highest BCUT2D eigenvalue weighted by molar-refractivity contribution is 4.89. The van der Waals surface area contributed by atoms with E-state index in [1.165, 1.54) is 51.6 Å². The van der Waals surface area contributed by atoms with Crippen molar-refractivity contribution in [2.45, 2.75) is 71.4 Å². The molecule has 0 radical (unpaired) electrons. The molecule has 0 bridgehead atoms. The van der Waals surface area contributed by atoms with Gasteiger partial charge in [-0.1, -0.05) is 27.2 Å². The van der Waals surface area contributed by atoms with Gasteiger partial charge in [-0.05, 0) is 63.5 Å². The third-order valence-corrected chi connectivity index (χ3v) is 5.69. The maximum atomic E-state index is 3.59. The molecule has 0 spiro atoms. The molecule has 2 fully saturated rings. The summed E-state index contributed by atoms with van der Waals surface area (Å²) in [6.07, 6.45) is 8.48. The van der Waals surface area contributed by atoms with Crippen LogP contribution in [0.15, 0.2) is 0 Å². The van der Waals surface area contributed by atoms with Gasteiger partial charge in [0.1, 0.15) is 0 Å². The minimum absolute atomic E-state index is 0.760. The van der Waals surface area contributed by atoms with E-state index >= 15 is 0 Å². The molecule has 1 heterocycles. The average Bonchev–Trinajstić information content (AvgIpc) is 2.87. The van der Waals surface area contributed by atoms with Gasteiger partial charge in [-0.15, -0.1) is 0 Å². The lowest BCUT2D eigenvalue weighted by Crippen LogP contribution is -2.46. The van der Waals surface area contributed by atoms with Gasteiger partial charge in [0.05, 0.1) is 0 Å². The Morgan fingerprint density at radius 2 is 2.00 bits per heavy atom. The van der Waals surface area contributed by atoms with Crippen molar-refractivity contribution in [3.05, 3.63) is 0 Å². The van der Waals surface area contributed by atoms with E-state index in [1.807, 2.05) is 0 Å². The van der Waals surface area contributed by atoms with Crippen molar-refractivity contribution in [2.75, 3.05) is 20.1 Å². The molecule has 112 valence electrons.